The summed E-state index contributed by atoms with van der Waals surface area (Å²) in [6.45, 7) is -0.325. The van der Waals surface area contributed by atoms with Gasteiger partial charge in [-0.25, -0.2) is 4.39 Å². The zero-order valence-electron chi connectivity index (χ0n) is 8.78. The van der Waals surface area contributed by atoms with Gasteiger partial charge in [0.15, 0.2) is 0 Å². The average Bonchev–Trinajstić information content (AvgIpc) is 2.26. The minimum atomic E-state index is -0.452. The summed E-state index contributed by atoms with van der Waals surface area (Å²) in [5.41, 5.74) is 0.303. The molecular weight excluding hydrogens is 293 g/mol. The van der Waals surface area contributed by atoms with Gasteiger partial charge in [-0.1, -0.05) is 22.0 Å². The predicted octanol–water partition coefficient (Wildman–Crippen LogP) is 1.47. The van der Waals surface area contributed by atoms with Gasteiger partial charge in [0.1, 0.15) is 19.0 Å². The fraction of sp³-hybridized carbons (Fsp3) is 0.273. The van der Waals surface area contributed by atoms with E-state index in [1.54, 1.807) is 6.07 Å². The van der Waals surface area contributed by atoms with Crippen molar-refractivity contribution in [1.82, 2.24) is 4.90 Å². The van der Waals surface area contributed by atoms with Crippen LogP contribution in [0.5, 0.6) is 0 Å². The molecule has 1 heterocycles. The maximum atomic E-state index is 13.5. The molecule has 90 valence electrons. The third-order valence-corrected chi connectivity index (χ3v) is 2.89. The van der Waals surface area contributed by atoms with Crippen LogP contribution >= 0.6 is 15.9 Å². The number of imide groups is 1. The van der Waals surface area contributed by atoms with Crippen LogP contribution < -0.4 is 0 Å². The molecule has 0 spiro atoms. The second-order valence-corrected chi connectivity index (χ2v) is 4.52. The van der Waals surface area contributed by atoms with E-state index in [9.17, 15) is 14.0 Å². The highest BCUT2D eigenvalue weighted by atomic mass is 79.9. The first-order valence-electron chi connectivity index (χ1n) is 4.93. The van der Waals surface area contributed by atoms with E-state index in [1.165, 1.54) is 12.1 Å². The highest BCUT2D eigenvalue weighted by molar-refractivity contribution is 9.10. The molecule has 0 unspecified atom stereocenters. The number of carbonyl (C=O) groups excluding carboxylic acids is 2. The Morgan fingerprint density at radius 3 is 2.53 bits per heavy atom. The summed E-state index contributed by atoms with van der Waals surface area (Å²) in [5.74, 6) is -1.33. The lowest BCUT2D eigenvalue weighted by molar-refractivity contribution is -0.159. The molecule has 17 heavy (non-hydrogen) atoms. The van der Waals surface area contributed by atoms with Crippen LogP contribution in [0.2, 0.25) is 0 Å². The van der Waals surface area contributed by atoms with Crippen LogP contribution in [0.15, 0.2) is 22.7 Å². The molecule has 1 aliphatic heterocycles. The number of rotatable bonds is 2. The first-order valence-corrected chi connectivity index (χ1v) is 5.72. The van der Waals surface area contributed by atoms with E-state index in [0.717, 1.165) is 4.90 Å². The Kier molecular flexibility index (Phi) is 3.54. The van der Waals surface area contributed by atoms with Gasteiger partial charge >= 0.3 is 0 Å². The second kappa shape index (κ2) is 4.93. The number of benzene rings is 1. The van der Waals surface area contributed by atoms with Crippen molar-refractivity contribution in [1.29, 1.82) is 0 Å². The number of morpholine rings is 1. The topological polar surface area (TPSA) is 46.6 Å². The number of amides is 2. The molecule has 0 atom stereocenters. The molecule has 1 aromatic carbocycles. The van der Waals surface area contributed by atoms with E-state index >= 15 is 0 Å². The summed E-state index contributed by atoms with van der Waals surface area (Å²) in [5, 5.41) is 0. The van der Waals surface area contributed by atoms with Crippen molar-refractivity contribution in [3.8, 4) is 0 Å². The molecule has 0 aromatic heterocycles. The van der Waals surface area contributed by atoms with Crippen molar-refractivity contribution in [3.05, 3.63) is 34.1 Å². The molecular formula is C11H9BrFNO3. The summed E-state index contributed by atoms with van der Waals surface area (Å²) >= 11 is 3.14. The van der Waals surface area contributed by atoms with Crippen LogP contribution in [0.1, 0.15) is 5.56 Å². The molecule has 2 rings (SSSR count). The van der Waals surface area contributed by atoms with Gasteiger partial charge < -0.3 is 4.74 Å². The zero-order valence-corrected chi connectivity index (χ0v) is 10.4. The summed E-state index contributed by atoms with van der Waals surface area (Å²) in [6.07, 6.45) is 0. The van der Waals surface area contributed by atoms with E-state index in [-0.39, 0.29) is 19.8 Å². The van der Waals surface area contributed by atoms with Gasteiger partial charge in [-0.3, -0.25) is 14.5 Å². The van der Waals surface area contributed by atoms with Crippen molar-refractivity contribution in [2.45, 2.75) is 6.54 Å². The fourth-order valence-electron chi connectivity index (χ4n) is 1.52. The van der Waals surface area contributed by atoms with Crippen LogP contribution in [0, 0.1) is 5.82 Å². The Morgan fingerprint density at radius 2 is 1.94 bits per heavy atom. The third-order valence-electron chi connectivity index (χ3n) is 2.40. The van der Waals surface area contributed by atoms with Crippen LogP contribution in [0.25, 0.3) is 0 Å². The Hall–Kier alpha value is -1.27. The number of nitrogens with zero attached hydrogens (tertiary/aromatic N) is 1. The summed E-state index contributed by atoms with van der Waals surface area (Å²) in [6, 6.07) is 4.49. The number of carbonyl (C=O) groups is 2. The Balaban J connectivity index is 2.19. The normalized spacial score (nSPS) is 16.5. The lowest BCUT2D eigenvalue weighted by atomic mass is 10.2. The van der Waals surface area contributed by atoms with Gasteiger partial charge in [-0.2, -0.15) is 0 Å². The van der Waals surface area contributed by atoms with Crippen molar-refractivity contribution < 1.29 is 18.7 Å². The number of hydrogen-bond acceptors (Lipinski definition) is 3. The van der Waals surface area contributed by atoms with Gasteiger partial charge in [0, 0.05) is 10.0 Å². The molecule has 0 bridgehead atoms. The SMILES string of the molecule is O=C1COCC(=O)N1Cc1ccc(Br)cc1F. The first-order chi connectivity index (χ1) is 8.08. The summed E-state index contributed by atoms with van der Waals surface area (Å²) < 4.78 is 18.9. The van der Waals surface area contributed by atoms with Gasteiger partial charge in [-0.05, 0) is 12.1 Å². The maximum Gasteiger partial charge on any atom is 0.255 e. The molecule has 1 aromatic rings. The van der Waals surface area contributed by atoms with Crippen molar-refractivity contribution in [2.75, 3.05) is 13.2 Å². The van der Waals surface area contributed by atoms with Gasteiger partial charge in [0.2, 0.25) is 0 Å². The highest BCUT2D eigenvalue weighted by Crippen LogP contribution is 2.17. The molecule has 0 N–H and O–H groups in total. The largest absolute Gasteiger partial charge is 0.362 e. The quantitative estimate of drug-likeness (QED) is 0.777. The standard InChI is InChI=1S/C11H9BrFNO3/c12-8-2-1-7(9(13)3-8)4-14-10(15)5-17-6-11(14)16/h1-3H,4-6H2. The van der Waals surface area contributed by atoms with Gasteiger partial charge in [-0.15, -0.1) is 0 Å². The van der Waals surface area contributed by atoms with Crippen molar-refractivity contribution in [2.24, 2.45) is 0 Å². The smallest absolute Gasteiger partial charge is 0.255 e. The zero-order chi connectivity index (χ0) is 12.4. The van der Waals surface area contributed by atoms with E-state index in [0.29, 0.717) is 10.0 Å². The van der Waals surface area contributed by atoms with E-state index in [1.807, 2.05) is 0 Å². The average molecular weight is 302 g/mol. The van der Waals surface area contributed by atoms with E-state index in [2.05, 4.69) is 15.9 Å². The molecule has 6 heteroatoms. The first kappa shape index (κ1) is 12.2. The van der Waals surface area contributed by atoms with Crippen LogP contribution in [-0.2, 0) is 20.9 Å². The Labute approximate surface area is 105 Å². The Morgan fingerprint density at radius 1 is 1.29 bits per heavy atom. The molecule has 1 fully saturated rings. The predicted molar refractivity (Wildman–Crippen MR) is 60.5 cm³/mol. The van der Waals surface area contributed by atoms with Gasteiger partial charge in [0.05, 0.1) is 6.54 Å². The molecule has 1 aliphatic rings. The minimum Gasteiger partial charge on any atom is -0.362 e. The number of hydrogen-bond donors (Lipinski definition) is 0. The minimum absolute atomic E-state index is 0.0554. The highest BCUT2D eigenvalue weighted by Gasteiger charge is 2.27. The second-order valence-electron chi connectivity index (χ2n) is 3.60. The number of halogens is 2. The molecule has 2 amide bonds. The Bertz CT molecular complexity index is 462. The lowest BCUT2D eigenvalue weighted by Crippen LogP contribution is -2.45. The van der Waals surface area contributed by atoms with Crippen molar-refractivity contribution >= 4 is 27.7 Å². The molecule has 1 saturated heterocycles. The molecule has 0 aliphatic carbocycles. The van der Waals surface area contributed by atoms with Crippen LogP contribution in [-0.4, -0.2) is 29.9 Å². The van der Waals surface area contributed by atoms with Crippen molar-refractivity contribution in [3.63, 3.8) is 0 Å². The summed E-state index contributed by atoms with van der Waals surface area (Å²) in [7, 11) is 0. The lowest BCUT2D eigenvalue weighted by Gasteiger charge is -2.25. The van der Waals surface area contributed by atoms with E-state index < -0.39 is 17.6 Å². The van der Waals surface area contributed by atoms with Crippen LogP contribution in [0.3, 0.4) is 0 Å². The summed E-state index contributed by atoms with van der Waals surface area (Å²) in [4.78, 5) is 23.9. The fourth-order valence-corrected chi connectivity index (χ4v) is 1.85. The molecule has 0 saturated carbocycles. The molecule has 0 radical (unpaired) electrons. The number of ether oxygens (including phenoxy) is 1. The van der Waals surface area contributed by atoms with E-state index in [4.69, 9.17) is 4.74 Å². The molecule has 4 nitrogen and oxygen atoms in total. The van der Waals surface area contributed by atoms with Crippen LogP contribution in [0.4, 0.5) is 4.39 Å². The third kappa shape index (κ3) is 2.70. The van der Waals surface area contributed by atoms with Gasteiger partial charge in [0.25, 0.3) is 11.8 Å². The maximum absolute atomic E-state index is 13.5. The monoisotopic (exact) mass is 301 g/mol.